The number of nitrogens with zero attached hydrogens (tertiary/aromatic N) is 4. The molecule has 4 rings (SSSR count). The predicted molar refractivity (Wildman–Crippen MR) is 103 cm³/mol. The van der Waals surface area contributed by atoms with Crippen molar-refractivity contribution in [3.63, 3.8) is 0 Å². The third kappa shape index (κ3) is 4.27. The zero-order valence-corrected chi connectivity index (χ0v) is 16.3. The van der Waals surface area contributed by atoms with Gasteiger partial charge < -0.3 is 15.1 Å². The van der Waals surface area contributed by atoms with E-state index in [2.05, 4.69) is 10.4 Å². The Bertz CT molecular complexity index is 925. The molecule has 1 saturated heterocycles. The van der Waals surface area contributed by atoms with Gasteiger partial charge in [0, 0.05) is 44.1 Å². The van der Waals surface area contributed by atoms with Crippen LogP contribution in [-0.2, 0) is 19.1 Å². The first kappa shape index (κ1) is 20.2. The van der Waals surface area contributed by atoms with Gasteiger partial charge >= 0.3 is 12.2 Å². The average molecular weight is 421 g/mol. The van der Waals surface area contributed by atoms with Crippen LogP contribution < -0.4 is 5.32 Å². The number of alkyl halides is 3. The molecule has 2 aromatic rings. The second-order valence-electron chi connectivity index (χ2n) is 7.49. The van der Waals surface area contributed by atoms with Crippen LogP contribution in [0.15, 0.2) is 30.3 Å². The Hall–Kier alpha value is -3.04. The topological polar surface area (TPSA) is 70.5 Å². The maximum Gasteiger partial charge on any atom is 0.416 e. The van der Waals surface area contributed by atoms with Crippen molar-refractivity contribution < 1.29 is 22.8 Å². The SMILES string of the molecule is O=C(Nc1cccc(C(F)(F)F)c1)N1CCN(C(=O)c2cc3n(n2)CCCC3)CC1. The van der Waals surface area contributed by atoms with Gasteiger partial charge in [-0.1, -0.05) is 6.07 Å². The summed E-state index contributed by atoms with van der Waals surface area (Å²) in [6.45, 7) is 2.11. The number of amides is 3. The Labute approximate surface area is 171 Å². The number of benzene rings is 1. The van der Waals surface area contributed by atoms with Crippen molar-refractivity contribution in [1.82, 2.24) is 19.6 Å². The largest absolute Gasteiger partial charge is 0.416 e. The van der Waals surface area contributed by atoms with E-state index in [0.717, 1.165) is 43.6 Å². The van der Waals surface area contributed by atoms with Crippen LogP contribution in [0.25, 0.3) is 0 Å². The molecule has 0 radical (unpaired) electrons. The Morgan fingerprint density at radius 3 is 2.40 bits per heavy atom. The highest BCUT2D eigenvalue weighted by Gasteiger charge is 2.31. The van der Waals surface area contributed by atoms with Gasteiger partial charge in [0.15, 0.2) is 5.69 Å². The first-order valence-corrected chi connectivity index (χ1v) is 9.90. The number of carbonyl (C=O) groups is 2. The molecule has 0 saturated carbocycles. The maximum absolute atomic E-state index is 12.8. The molecule has 0 aliphatic carbocycles. The Morgan fingerprint density at radius 1 is 0.967 bits per heavy atom. The van der Waals surface area contributed by atoms with Gasteiger partial charge in [0.25, 0.3) is 5.91 Å². The third-order valence-corrected chi connectivity index (χ3v) is 5.43. The molecule has 1 aromatic heterocycles. The highest BCUT2D eigenvalue weighted by atomic mass is 19.4. The molecule has 0 atom stereocenters. The van der Waals surface area contributed by atoms with E-state index in [9.17, 15) is 22.8 Å². The number of aryl methyl sites for hydroxylation is 2. The molecule has 1 aromatic carbocycles. The van der Waals surface area contributed by atoms with Crippen molar-refractivity contribution in [1.29, 1.82) is 0 Å². The van der Waals surface area contributed by atoms with Crippen molar-refractivity contribution in [3.8, 4) is 0 Å². The highest BCUT2D eigenvalue weighted by Crippen LogP contribution is 2.30. The number of hydrogen-bond acceptors (Lipinski definition) is 3. The fourth-order valence-corrected chi connectivity index (χ4v) is 3.77. The van der Waals surface area contributed by atoms with Crippen LogP contribution in [0.2, 0.25) is 0 Å². The molecule has 3 amide bonds. The molecule has 160 valence electrons. The minimum Gasteiger partial charge on any atom is -0.334 e. The number of urea groups is 1. The molecule has 0 unspecified atom stereocenters. The Kier molecular flexibility index (Phi) is 5.40. The number of rotatable bonds is 2. The summed E-state index contributed by atoms with van der Waals surface area (Å²) >= 11 is 0. The van der Waals surface area contributed by atoms with Gasteiger partial charge in [-0.05, 0) is 43.5 Å². The lowest BCUT2D eigenvalue weighted by Crippen LogP contribution is -2.51. The van der Waals surface area contributed by atoms with E-state index in [4.69, 9.17) is 0 Å². The van der Waals surface area contributed by atoms with E-state index in [1.54, 1.807) is 4.90 Å². The number of halogens is 3. The molecule has 2 aliphatic heterocycles. The summed E-state index contributed by atoms with van der Waals surface area (Å²) in [6.07, 6.45) is -1.40. The molecule has 10 heteroatoms. The summed E-state index contributed by atoms with van der Waals surface area (Å²) in [4.78, 5) is 28.3. The van der Waals surface area contributed by atoms with Crippen molar-refractivity contribution in [3.05, 3.63) is 47.3 Å². The molecule has 3 heterocycles. The summed E-state index contributed by atoms with van der Waals surface area (Å²) in [6, 6.07) is 5.87. The highest BCUT2D eigenvalue weighted by molar-refractivity contribution is 5.93. The normalized spacial score (nSPS) is 16.9. The van der Waals surface area contributed by atoms with Gasteiger partial charge in [-0.3, -0.25) is 9.48 Å². The van der Waals surface area contributed by atoms with Crippen molar-refractivity contribution in [2.24, 2.45) is 0 Å². The molecule has 2 aliphatic rings. The standard InChI is InChI=1S/C20H22F3N5O2/c21-20(22,23)14-4-3-5-15(12-14)24-19(30)27-10-8-26(9-11-27)18(29)17-13-16-6-1-2-7-28(16)25-17/h3-5,12-13H,1-2,6-11H2,(H,24,30). The van der Waals surface area contributed by atoms with Crippen molar-refractivity contribution >= 4 is 17.6 Å². The van der Waals surface area contributed by atoms with E-state index >= 15 is 0 Å². The molecular weight excluding hydrogens is 399 g/mol. The second kappa shape index (κ2) is 8.00. The van der Waals surface area contributed by atoms with Crippen LogP contribution in [0.1, 0.15) is 34.6 Å². The second-order valence-corrected chi connectivity index (χ2v) is 7.49. The molecular formula is C20H22F3N5O2. The predicted octanol–water partition coefficient (Wildman–Crippen LogP) is 3.23. The van der Waals surface area contributed by atoms with Gasteiger partial charge in [0.05, 0.1) is 5.56 Å². The van der Waals surface area contributed by atoms with E-state index < -0.39 is 17.8 Å². The summed E-state index contributed by atoms with van der Waals surface area (Å²) < 4.78 is 40.4. The van der Waals surface area contributed by atoms with Gasteiger partial charge in [0.2, 0.25) is 0 Å². The number of hydrogen-bond donors (Lipinski definition) is 1. The van der Waals surface area contributed by atoms with Gasteiger partial charge in [-0.15, -0.1) is 0 Å². The lowest BCUT2D eigenvalue weighted by Gasteiger charge is -2.34. The zero-order valence-electron chi connectivity index (χ0n) is 16.3. The quantitative estimate of drug-likeness (QED) is 0.810. The fourth-order valence-electron chi connectivity index (χ4n) is 3.77. The van der Waals surface area contributed by atoms with E-state index in [1.807, 2.05) is 10.7 Å². The first-order valence-electron chi connectivity index (χ1n) is 9.90. The Morgan fingerprint density at radius 2 is 1.70 bits per heavy atom. The van der Waals surface area contributed by atoms with Gasteiger partial charge in [-0.25, -0.2) is 4.79 Å². The minimum absolute atomic E-state index is 0.0805. The lowest BCUT2D eigenvalue weighted by atomic mass is 10.1. The van der Waals surface area contributed by atoms with Crippen LogP contribution >= 0.6 is 0 Å². The average Bonchev–Trinajstić information content (AvgIpc) is 3.17. The smallest absolute Gasteiger partial charge is 0.334 e. The number of aromatic nitrogens is 2. The van der Waals surface area contributed by atoms with E-state index in [-0.39, 0.29) is 11.6 Å². The molecule has 30 heavy (non-hydrogen) atoms. The van der Waals surface area contributed by atoms with Gasteiger partial charge in [0.1, 0.15) is 0 Å². The third-order valence-electron chi connectivity index (χ3n) is 5.43. The zero-order chi connectivity index (χ0) is 21.3. The number of anilines is 1. The molecule has 0 spiro atoms. The molecule has 1 N–H and O–H groups in total. The van der Waals surface area contributed by atoms with Gasteiger partial charge in [-0.2, -0.15) is 18.3 Å². The lowest BCUT2D eigenvalue weighted by molar-refractivity contribution is -0.137. The maximum atomic E-state index is 12.8. The van der Waals surface area contributed by atoms with Crippen LogP contribution in [0, 0.1) is 0 Å². The monoisotopic (exact) mass is 421 g/mol. The Balaban J connectivity index is 1.33. The van der Waals surface area contributed by atoms with Crippen LogP contribution in [0.4, 0.5) is 23.7 Å². The van der Waals surface area contributed by atoms with Crippen LogP contribution in [-0.4, -0.2) is 57.7 Å². The van der Waals surface area contributed by atoms with Crippen LogP contribution in [0.3, 0.4) is 0 Å². The summed E-state index contributed by atoms with van der Waals surface area (Å²) in [5.74, 6) is -0.158. The summed E-state index contributed by atoms with van der Waals surface area (Å²) in [5, 5.41) is 6.91. The van der Waals surface area contributed by atoms with Crippen molar-refractivity contribution in [2.75, 3.05) is 31.5 Å². The first-order chi connectivity index (χ1) is 14.3. The van der Waals surface area contributed by atoms with Crippen LogP contribution in [0.5, 0.6) is 0 Å². The minimum atomic E-state index is -4.47. The number of fused-ring (bicyclic) bond motifs is 1. The van der Waals surface area contributed by atoms with E-state index in [1.165, 1.54) is 17.0 Å². The van der Waals surface area contributed by atoms with E-state index in [0.29, 0.717) is 31.9 Å². The molecule has 7 nitrogen and oxygen atoms in total. The number of nitrogens with one attached hydrogen (secondary N) is 1. The number of carbonyl (C=O) groups excluding carboxylic acids is 2. The molecule has 1 fully saturated rings. The van der Waals surface area contributed by atoms with Crippen molar-refractivity contribution in [2.45, 2.75) is 32.0 Å². The number of piperazine rings is 1. The fraction of sp³-hybridized carbons (Fsp3) is 0.450. The molecule has 0 bridgehead atoms. The summed E-state index contributed by atoms with van der Waals surface area (Å²) in [5.41, 5.74) is 0.757. The summed E-state index contributed by atoms with van der Waals surface area (Å²) in [7, 11) is 0.